The maximum absolute atomic E-state index is 13.5. The molecule has 6 heteroatoms. The molecule has 108 valence electrons. The summed E-state index contributed by atoms with van der Waals surface area (Å²) in [6, 6.07) is 3.38. The molecule has 0 saturated heterocycles. The first-order valence-electron chi connectivity index (χ1n) is 6.23. The Morgan fingerprint density at radius 1 is 1.15 bits per heavy atom. The van der Waals surface area contributed by atoms with Gasteiger partial charge in [0.1, 0.15) is 16.0 Å². The Morgan fingerprint density at radius 3 is 2.25 bits per heavy atom. The van der Waals surface area contributed by atoms with Gasteiger partial charge >= 0.3 is 0 Å². The third-order valence-corrected chi connectivity index (χ3v) is 3.95. The molecule has 0 bridgehead atoms. The Bertz CT molecular complexity index is 723. The molecule has 0 radical (unpaired) electrons. The molecule has 0 aliphatic heterocycles. The van der Waals surface area contributed by atoms with Gasteiger partial charge < -0.3 is 4.57 Å². The van der Waals surface area contributed by atoms with E-state index in [-0.39, 0.29) is 5.69 Å². The van der Waals surface area contributed by atoms with Crippen molar-refractivity contribution in [3.63, 3.8) is 0 Å². The first-order chi connectivity index (χ1) is 9.12. The largest absolute Gasteiger partial charge is 0.333 e. The summed E-state index contributed by atoms with van der Waals surface area (Å²) in [7, 11) is 3.35. The van der Waals surface area contributed by atoms with E-state index < -0.39 is 5.92 Å². The minimum atomic E-state index is -2.92. The van der Waals surface area contributed by atoms with E-state index in [1.807, 2.05) is 31.5 Å². The molecule has 0 N–H and O–H groups in total. The molecule has 3 nitrogen and oxygen atoms in total. The predicted molar refractivity (Wildman–Crippen MR) is 77.5 cm³/mol. The maximum atomic E-state index is 13.5. The summed E-state index contributed by atoms with van der Waals surface area (Å²) in [5.74, 6) is -2.92. The van der Waals surface area contributed by atoms with Crippen LogP contribution in [0, 0.1) is 18.5 Å². The summed E-state index contributed by atoms with van der Waals surface area (Å²) >= 11 is 5.33. The lowest BCUT2D eigenvalue weighted by Gasteiger charge is -2.12. The summed E-state index contributed by atoms with van der Waals surface area (Å²) < 4.78 is 30.7. The normalized spacial score (nSPS) is 11.9. The van der Waals surface area contributed by atoms with Gasteiger partial charge in [0.15, 0.2) is 0 Å². The van der Waals surface area contributed by atoms with Gasteiger partial charge in [0, 0.05) is 21.0 Å². The van der Waals surface area contributed by atoms with Gasteiger partial charge in [0.05, 0.1) is 5.69 Å². The Morgan fingerprint density at radius 2 is 1.75 bits per heavy atom. The Hall–Kier alpha value is -1.56. The lowest BCUT2D eigenvalue weighted by atomic mass is 10.1. The summed E-state index contributed by atoms with van der Waals surface area (Å²) in [6.07, 6.45) is 0. The second kappa shape index (κ2) is 4.77. The van der Waals surface area contributed by atoms with E-state index in [1.165, 1.54) is 17.8 Å². The highest BCUT2D eigenvalue weighted by Gasteiger charge is 2.29. The molecule has 0 unspecified atom stereocenters. The zero-order chi connectivity index (χ0) is 15.2. The molecule has 2 aromatic heterocycles. The standard InChI is InChI=1S/C14H17F2N3S/c1-8-6-9(2)13(20)18(4)12(8)10-7-11(14(3,15)16)19(5)17-10/h6-7H,1-5H3. The van der Waals surface area contributed by atoms with Gasteiger partial charge in [-0.1, -0.05) is 18.3 Å². The first kappa shape index (κ1) is 14.8. The van der Waals surface area contributed by atoms with Crippen molar-refractivity contribution in [3.8, 4) is 11.4 Å². The molecule has 0 spiro atoms. The predicted octanol–water partition coefficient (Wildman–Crippen LogP) is 3.88. The van der Waals surface area contributed by atoms with E-state index in [9.17, 15) is 8.78 Å². The highest BCUT2D eigenvalue weighted by atomic mass is 32.1. The van der Waals surface area contributed by atoms with Gasteiger partial charge in [0.2, 0.25) is 0 Å². The molecular weight excluding hydrogens is 280 g/mol. The Balaban J connectivity index is 2.71. The van der Waals surface area contributed by atoms with Crippen molar-refractivity contribution < 1.29 is 8.78 Å². The zero-order valence-corrected chi connectivity index (χ0v) is 13.0. The van der Waals surface area contributed by atoms with Crippen molar-refractivity contribution in [2.45, 2.75) is 26.7 Å². The highest BCUT2D eigenvalue weighted by molar-refractivity contribution is 7.71. The monoisotopic (exact) mass is 297 g/mol. The highest BCUT2D eigenvalue weighted by Crippen LogP contribution is 2.31. The van der Waals surface area contributed by atoms with Crippen LogP contribution in [0.4, 0.5) is 8.78 Å². The molecule has 0 aliphatic carbocycles. The molecule has 0 amide bonds. The fraction of sp³-hybridized carbons (Fsp3) is 0.429. The van der Waals surface area contributed by atoms with Crippen LogP contribution in [0.25, 0.3) is 11.4 Å². The second-order valence-electron chi connectivity index (χ2n) is 5.15. The number of aryl methyl sites for hydroxylation is 3. The zero-order valence-electron chi connectivity index (χ0n) is 12.2. The number of alkyl halides is 2. The number of hydrogen-bond acceptors (Lipinski definition) is 2. The molecule has 0 fully saturated rings. The fourth-order valence-electron chi connectivity index (χ4n) is 2.45. The van der Waals surface area contributed by atoms with Gasteiger partial charge in [-0.2, -0.15) is 13.9 Å². The lowest BCUT2D eigenvalue weighted by molar-refractivity contribution is 0.00883. The van der Waals surface area contributed by atoms with Crippen LogP contribution >= 0.6 is 12.2 Å². The minimum absolute atomic E-state index is 0.113. The van der Waals surface area contributed by atoms with Crippen molar-refractivity contribution in [1.82, 2.24) is 14.3 Å². The topological polar surface area (TPSA) is 22.8 Å². The van der Waals surface area contributed by atoms with Crippen LogP contribution in [-0.4, -0.2) is 14.3 Å². The molecule has 2 rings (SSSR count). The number of aromatic nitrogens is 3. The van der Waals surface area contributed by atoms with Gasteiger partial charge in [0.25, 0.3) is 5.92 Å². The molecule has 2 heterocycles. The van der Waals surface area contributed by atoms with E-state index in [0.29, 0.717) is 10.3 Å². The summed E-state index contributed by atoms with van der Waals surface area (Å²) in [6.45, 7) is 4.73. The summed E-state index contributed by atoms with van der Waals surface area (Å²) in [5.41, 5.74) is 3.11. The van der Waals surface area contributed by atoms with Crippen molar-refractivity contribution in [1.29, 1.82) is 0 Å². The van der Waals surface area contributed by atoms with E-state index in [1.54, 1.807) is 0 Å². The van der Waals surface area contributed by atoms with E-state index in [0.717, 1.165) is 23.7 Å². The van der Waals surface area contributed by atoms with Crippen LogP contribution < -0.4 is 0 Å². The Labute approximate surface area is 121 Å². The lowest BCUT2D eigenvalue weighted by Crippen LogP contribution is -2.12. The maximum Gasteiger partial charge on any atom is 0.286 e. The molecule has 20 heavy (non-hydrogen) atoms. The first-order valence-corrected chi connectivity index (χ1v) is 6.63. The smallest absolute Gasteiger partial charge is 0.286 e. The molecule has 0 aliphatic rings. The van der Waals surface area contributed by atoms with Crippen LogP contribution in [0.15, 0.2) is 12.1 Å². The van der Waals surface area contributed by atoms with E-state index in [4.69, 9.17) is 12.2 Å². The fourth-order valence-corrected chi connectivity index (χ4v) is 2.60. The molecule has 2 aromatic rings. The number of rotatable bonds is 2. The summed E-state index contributed by atoms with van der Waals surface area (Å²) in [4.78, 5) is 0. The van der Waals surface area contributed by atoms with Gasteiger partial charge in [-0.25, -0.2) is 0 Å². The molecule has 0 saturated carbocycles. The number of pyridine rings is 1. The van der Waals surface area contributed by atoms with Crippen molar-refractivity contribution in [2.75, 3.05) is 0 Å². The molecule has 0 atom stereocenters. The van der Waals surface area contributed by atoms with E-state index in [2.05, 4.69) is 5.10 Å². The van der Waals surface area contributed by atoms with Gasteiger partial charge in [-0.15, -0.1) is 0 Å². The van der Waals surface area contributed by atoms with Crippen LogP contribution in [0.1, 0.15) is 23.7 Å². The number of nitrogens with zero attached hydrogens (tertiary/aromatic N) is 3. The summed E-state index contributed by atoms with van der Waals surface area (Å²) in [5, 5.41) is 4.21. The van der Waals surface area contributed by atoms with E-state index >= 15 is 0 Å². The van der Waals surface area contributed by atoms with Crippen LogP contribution in [0.5, 0.6) is 0 Å². The third-order valence-electron chi connectivity index (χ3n) is 3.36. The van der Waals surface area contributed by atoms with Crippen LogP contribution in [0.2, 0.25) is 0 Å². The van der Waals surface area contributed by atoms with Gasteiger partial charge in [-0.05, 0) is 31.0 Å². The number of halogens is 2. The average molecular weight is 297 g/mol. The number of hydrogen-bond donors (Lipinski definition) is 0. The average Bonchev–Trinajstić information content (AvgIpc) is 2.68. The molecule has 0 aromatic carbocycles. The van der Waals surface area contributed by atoms with Crippen molar-refractivity contribution in [3.05, 3.63) is 33.6 Å². The second-order valence-corrected chi connectivity index (χ2v) is 5.54. The quantitative estimate of drug-likeness (QED) is 0.785. The van der Waals surface area contributed by atoms with Gasteiger partial charge in [-0.3, -0.25) is 4.68 Å². The van der Waals surface area contributed by atoms with Crippen LogP contribution in [-0.2, 0) is 20.0 Å². The SMILES string of the molecule is Cc1cc(C)c(=S)n(C)c1-c1cc(C(C)(F)F)n(C)n1. The van der Waals surface area contributed by atoms with Crippen molar-refractivity contribution in [2.24, 2.45) is 14.1 Å². The Kier molecular flexibility index (Phi) is 3.54. The van der Waals surface area contributed by atoms with Crippen LogP contribution in [0.3, 0.4) is 0 Å². The van der Waals surface area contributed by atoms with Crippen molar-refractivity contribution >= 4 is 12.2 Å². The minimum Gasteiger partial charge on any atom is -0.333 e. The molecular formula is C14H17F2N3S. The third kappa shape index (κ3) is 2.40.